The molecule has 0 unspecified atom stereocenters. The van der Waals surface area contributed by atoms with Crippen molar-refractivity contribution < 1.29 is 43.3 Å². The molecule has 0 fully saturated rings. The second kappa shape index (κ2) is 11.6. The summed E-state index contributed by atoms with van der Waals surface area (Å²) in [6.45, 7) is 4.75. The van der Waals surface area contributed by atoms with Crippen molar-refractivity contribution >= 4 is 29.5 Å². The van der Waals surface area contributed by atoms with Gasteiger partial charge in [-0.1, -0.05) is 39.0 Å². The molecule has 0 bridgehead atoms. The van der Waals surface area contributed by atoms with Crippen molar-refractivity contribution in [2.24, 2.45) is 0 Å². The maximum Gasteiger partial charge on any atom is 0.335 e. The predicted molar refractivity (Wildman–Crippen MR) is 128 cm³/mol. The average molecular weight is 497 g/mol. The number of fused-ring (bicyclic) bond motifs is 2. The molecule has 0 aliphatic heterocycles. The minimum Gasteiger partial charge on any atom is -0.493 e. The van der Waals surface area contributed by atoms with Crippen LogP contribution in [0.3, 0.4) is 0 Å². The van der Waals surface area contributed by atoms with E-state index in [1.54, 1.807) is 0 Å². The predicted octanol–water partition coefficient (Wildman–Crippen LogP) is 4.75. The Kier molecular flexibility index (Phi) is 8.58. The van der Waals surface area contributed by atoms with Crippen LogP contribution in [0.1, 0.15) is 101 Å². The number of aromatic carboxylic acids is 1. The number of carbonyl (C=O) groups is 5. The van der Waals surface area contributed by atoms with Crippen LogP contribution in [-0.2, 0) is 9.59 Å². The average Bonchev–Trinajstić information content (AvgIpc) is 2.80. The summed E-state index contributed by atoms with van der Waals surface area (Å²) in [5, 5.41) is 9.45. The Morgan fingerprint density at radius 2 is 1.31 bits per heavy atom. The summed E-state index contributed by atoms with van der Waals surface area (Å²) in [6, 6.07) is 4.80. The Labute approximate surface area is 208 Å². The number of rotatable bonds is 11. The third kappa shape index (κ3) is 5.97. The Bertz CT molecular complexity index is 1230. The van der Waals surface area contributed by atoms with Gasteiger partial charge in [0.25, 0.3) is 0 Å². The van der Waals surface area contributed by atoms with Crippen LogP contribution >= 0.6 is 0 Å². The Balaban J connectivity index is 2.02. The van der Waals surface area contributed by atoms with Gasteiger partial charge >= 0.3 is 17.9 Å². The van der Waals surface area contributed by atoms with E-state index in [2.05, 4.69) is 6.92 Å². The third-order valence-electron chi connectivity index (χ3n) is 5.64. The number of carboxylic acid groups (broad SMARTS) is 1. The Morgan fingerprint density at radius 1 is 0.750 bits per heavy atom. The van der Waals surface area contributed by atoms with E-state index in [0.717, 1.165) is 58.1 Å². The number of carboxylic acids is 1. The highest BCUT2D eigenvalue weighted by atomic mass is 16.5. The molecule has 0 atom stereocenters. The van der Waals surface area contributed by atoms with Gasteiger partial charge in [0.15, 0.2) is 5.78 Å². The largest absolute Gasteiger partial charge is 0.493 e. The lowest BCUT2D eigenvalue weighted by Crippen LogP contribution is -2.25. The van der Waals surface area contributed by atoms with Crippen LogP contribution in [-0.4, -0.2) is 41.2 Å². The summed E-state index contributed by atoms with van der Waals surface area (Å²) in [5.74, 6) is -4.61. The zero-order chi connectivity index (χ0) is 26.4. The molecule has 190 valence electrons. The molecule has 1 N–H and O–H groups in total. The van der Waals surface area contributed by atoms with Gasteiger partial charge in [0, 0.05) is 31.0 Å². The number of hydrogen-bond acceptors (Lipinski definition) is 8. The third-order valence-corrected chi connectivity index (χ3v) is 5.64. The molecule has 9 heteroatoms. The normalized spacial score (nSPS) is 12.0. The number of unbranched alkanes of at least 4 members (excludes halogenated alkanes) is 5. The highest BCUT2D eigenvalue weighted by Gasteiger charge is 2.37. The van der Waals surface area contributed by atoms with Gasteiger partial charge in [0.05, 0.1) is 23.3 Å². The van der Waals surface area contributed by atoms with Gasteiger partial charge in [-0.15, -0.1) is 0 Å². The Morgan fingerprint density at radius 3 is 1.89 bits per heavy atom. The molecule has 0 radical (unpaired) electrons. The lowest BCUT2D eigenvalue weighted by atomic mass is 9.82. The van der Waals surface area contributed by atoms with Gasteiger partial charge < -0.3 is 19.3 Å². The summed E-state index contributed by atoms with van der Waals surface area (Å²) in [4.78, 5) is 62.0. The number of ether oxygens (including phenoxy) is 3. The van der Waals surface area contributed by atoms with E-state index in [1.807, 2.05) is 0 Å². The van der Waals surface area contributed by atoms with E-state index in [9.17, 15) is 29.1 Å². The van der Waals surface area contributed by atoms with Crippen molar-refractivity contribution in [1.82, 2.24) is 0 Å². The van der Waals surface area contributed by atoms with Crippen molar-refractivity contribution in [1.29, 1.82) is 0 Å². The maximum atomic E-state index is 13.5. The number of benzene rings is 2. The van der Waals surface area contributed by atoms with E-state index in [4.69, 9.17) is 14.2 Å². The first-order valence-electron chi connectivity index (χ1n) is 11.8. The summed E-state index contributed by atoms with van der Waals surface area (Å²) >= 11 is 0. The minimum atomic E-state index is -1.37. The van der Waals surface area contributed by atoms with Gasteiger partial charge in [0.1, 0.15) is 17.2 Å². The first kappa shape index (κ1) is 26.6. The molecule has 2 aromatic carbocycles. The molecule has 1 aliphatic rings. The van der Waals surface area contributed by atoms with Crippen LogP contribution in [0.4, 0.5) is 0 Å². The quantitative estimate of drug-likeness (QED) is 0.227. The molecule has 3 rings (SSSR count). The maximum absolute atomic E-state index is 13.5. The summed E-state index contributed by atoms with van der Waals surface area (Å²) in [5.41, 5.74) is -1.12. The number of esters is 2. The molecule has 1 aliphatic carbocycles. The summed E-state index contributed by atoms with van der Waals surface area (Å²) in [6.07, 6.45) is 6.32. The van der Waals surface area contributed by atoms with Crippen LogP contribution < -0.4 is 14.2 Å². The van der Waals surface area contributed by atoms with Crippen molar-refractivity contribution in [2.75, 3.05) is 6.61 Å². The van der Waals surface area contributed by atoms with Crippen molar-refractivity contribution in [3.05, 3.63) is 52.1 Å². The number of carbonyl (C=O) groups excluding carboxylic acids is 4. The van der Waals surface area contributed by atoms with Crippen LogP contribution in [0.25, 0.3) is 0 Å². The summed E-state index contributed by atoms with van der Waals surface area (Å²) < 4.78 is 16.1. The van der Waals surface area contributed by atoms with Crippen LogP contribution in [0.5, 0.6) is 17.2 Å². The molecule has 36 heavy (non-hydrogen) atoms. The molecular weight excluding hydrogens is 468 g/mol. The fourth-order valence-electron chi connectivity index (χ4n) is 4.05. The topological polar surface area (TPSA) is 133 Å². The van der Waals surface area contributed by atoms with E-state index in [1.165, 1.54) is 18.6 Å². The highest BCUT2D eigenvalue weighted by molar-refractivity contribution is 6.31. The van der Waals surface area contributed by atoms with Gasteiger partial charge in [-0.05, 0) is 24.6 Å². The first-order chi connectivity index (χ1) is 17.1. The fourth-order valence-corrected chi connectivity index (χ4v) is 4.05. The molecule has 0 amide bonds. The lowest BCUT2D eigenvalue weighted by Gasteiger charge is -2.23. The first-order valence-corrected chi connectivity index (χ1v) is 11.8. The molecular formula is C27H28O9. The second-order valence-corrected chi connectivity index (χ2v) is 8.51. The fraction of sp³-hybridized carbons (Fsp3) is 0.370. The van der Waals surface area contributed by atoms with Crippen LogP contribution in [0.15, 0.2) is 24.3 Å². The Hall–Kier alpha value is -4.01. The molecule has 0 heterocycles. The van der Waals surface area contributed by atoms with E-state index in [-0.39, 0.29) is 45.1 Å². The van der Waals surface area contributed by atoms with Gasteiger partial charge in [-0.25, -0.2) is 4.79 Å². The standard InChI is InChI=1S/C27H28O9/c1-4-5-6-7-8-9-10-34-18-13-20-24(22(14-18)36-16(3)29)26(31)23-19(25(20)30)11-17(27(32)33)12-21(23)35-15(2)28/h11-14H,4-10H2,1-3H3,(H,32,33). The molecule has 0 saturated carbocycles. The molecule has 0 spiro atoms. The van der Waals surface area contributed by atoms with E-state index >= 15 is 0 Å². The lowest BCUT2D eigenvalue weighted by molar-refractivity contribution is -0.132. The van der Waals surface area contributed by atoms with Gasteiger partial charge in [-0.3, -0.25) is 19.2 Å². The van der Waals surface area contributed by atoms with Gasteiger partial charge in [-0.2, -0.15) is 0 Å². The highest BCUT2D eigenvalue weighted by Crippen LogP contribution is 2.40. The SMILES string of the molecule is CCCCCCCCOc1cc(OC(C)=O)c2c(c1)C(=O)c1cc(C(=O)O)cc(OC(C)=O)c1C2=O. The molecule has 0 aromatic heterocycles. The molecule has 2 aromatic rings. The number of hydrogen-bond donors (Lipinski definition) is 1. The zero-order valence-corrected chi connectivity index (χ0v) is 20.5. The second-order valence-electron chi connectivity index (χ2n) is 8.51. The van der Waals surface area contributed by atoms with Crippen molar-refractivity contribution in [3.8, 4) is 17.2 Å². The van der Waals surface area contributed by atoms with Crippen LogP contribution in [0, 0.1) is 0 Å². The van der Waals surface area contributed by atoms with Crippen LogP contribution in [0.2, 0.25) is 0 Å². The van der Waals surface area contributed by atoms with Crippen molar-refractivity contribution in [3.63, 3.8) is 0 Å². The van der Waals surface area contributed by atoms with Crippen molar-refractivity contribution in [2.45, 2.75) is 59.3 Å². The van der Waals surface area contributed by atoms with E-state index in [0.29, 0.717) is 6.61 Å². The van der Waals surface area contributed by atoms with Gasteiger partial charge in [0.2, 0.25) is 5.78 Å². The smallest absolute Gasteiger partial charge is 0.335 e. The number of ketones is 2. The van der Waals surface area contributed by atoms with E-state index < -0.39 is 29.5 Å². The minimum absolute atomic E-state index is 0.0968. The molecule has 9 nitrogen and oxygen atoms in total. The molecule has 0 saturated heterocycles. The monoisotopic (exact) mass is 496 g/mol. The summed E-state index contributed by atoms with van der Waals surface area (Å²) in [7, 11) is 0. The zero-order valence-electron chi connectivity index (χ0n) is 20.5.